The molecule has 1 aliphatic carbocycles. The Morgan fingerprint density at radius 3 is 2.36 bits per heavy atom. The third-order valence-corrected chi connectivity index (χ3v) is 9.10. The summed E-state index contributed by atoms with van der Waals surface area (Å²) in [7, 11) is 2.00. The van der Waals surface area contributed by atoms with Gasteiger partial charge in [-0.2, -0.15) is 13.2 Å². The summed E-state index contributed by atoms with van der Waals surface area (Å²) in [5.74, 6) is -3.41. The number of anilines is 2. The highest BCUT2D eigenvalue weighted by Gasteiger charge is 2.43. The summed E-state index contributed by atoms with van der Waals surface area (Å²) in [5.41, 5.74) is 1.42. The first-order chi connectivity index (χ1) is 21.5. The van der Waals surface area contributed by atoms with Gasteiger partial charge in [0.2, 0.25) is 5.91 Å². The van der Waals surface area contributed by atoms with Gasteiger partial charge in [0, 0.05) is 83.3 Å². The van der Waals surface area contributed by atoms with E-state index < -0.39 is 35.3 Å². The van der Waals surface area contributed by atoms with Crippen LogP contribution in [-0.2, 0) is 16.1 Å². The number of halogens is 4. The topological polar surface area (TPSA) is 71.5 Å². The highest BCUT2D eigenvalue weighted by atomic mass is 19.4. The molecule has 45 heavy (non-hydrogen) atoms. The SMILES string of the molecule is CN1CCN(c2ccc(-c3cc(CN4CCN(CC5CC5)CC4)ccc3F)cc2NC(=O)C2C=NC(=O)C=C2C(F)(F)F)CC1. The lowest BCUT2D eigenvalue weighted by Crippen LogP contribution is -2.46. The van der Waals surface area contributed by atoms with Gasteiger partial charge in [-0.25, -0.2) is 9.38 Å². The van der Waals surface area contributed by atoms with Crippen molar-refractivity contribution in [2.24, 2.45) is 16.8 Å². The molecule has 2 aromatic rings. The van der Waals surface area contributed by atoms with Crippen molar-refractivity contribution in [1.82, 2.24) is 14.7 Å². The lowest BCUT2D eigenvalue weighted by atomic mass is 9.95. The van der Waals surface area contributed by atoms with Gasteiger partial charge in [0.1, 0.15) is 11.7 Å². The van der Waals surface area contributed by atoms with Crippen molar-refractivity contribution in [3.05, 3.63) is 59.4 Å². The quantitative estimate of drug-likeness (QED) is 0.438. The molecule has 8 nitrogen and oxygen atoms in total. The van der Waals surface area contributed by atoms with E-state index in [0.29, 0.717) is 42.5 Å². The predicted molar refractivity (Wildman–Crippen MR) is 166 cm³/mol. The number of nitrogens with zero attached hydrogens (tertiary/aromatic N) is 5. The van der Waals surface area contributed by atoms with Crippen LogP contribution in [0.5, 0.6) is 0 Å². The van der Waals surface area contributed by atoms with Gasteiger partial charge in [-0.3, -0.25) is 14.5 Å². The molecule has 0 aromatic heterocycles. The van der Waals surface area contributed by atoms with E-state index in [1.807, 2.05) is 18.0 Å². The second-order valence-corrected chi connectivity index (χ2v) is 12.5. The summed E-state index contributed by atoms with van der Waals surface area (Å²) in [4.78, 5) is 37.5. The predicted octanol–water partition coefficient (Wildman–Crippen LogP) is 4.43. The molecule has 12 heteroatoms. The Bertz CT molecular complexity index is 1490. The number of hydrogen-bond acceptors (Lipinski definition) is 6. The minimum absolute atomic E-state index is 0.269. The van der Waals surface area contributed by atoms with E-state index in [-0.39, 0.29) is 5.69 Å². The maximum atomic E-state index is 15.3. The van der Waals surface area contributed by atoms with Crippen LogP contribution in [0.15, 0.2) is 53.0 Å². The molecule has 1 unspecified atom stereocenters. The van der Waals surface area contributed by atoms with Crippen molar-refractivity contribution in [2.45, 2.75) is 25.6 Å². The zero-order valence-corrected chi connectivity index (χ0v) is 25.3. The molecule has 2 aromatic carbocycles. The van der Waals surface area contributed by atoms with Crippen LogP contribution in [0.2, 0.25) is 0 Å². The molecule has 6 rings (SSSR count). The van der Waals surface area contributed by atoms with Crippen LogP contribution in [-0.4, -0.2) is 105 Å². The Balaban J connectivity index is 1.25. The minimum atomic E-state index is -4.89. The number of alkyl halides is 3. The molecule has 2 amide bonds. The first kappa shape index (κ1) is 31.4. The van der Waals surface area contributed by atoms with Gasteiger partial charge < -0.3 is 20.0 Å². The summed E-state index contributed by atoms with van der Waals surface area (Å²) in [6, 6.07) is 10.2. The smallest absolute Gasteiger partial charge is 0.367 e. The van der Waals surface area contributed by atoms with Gasteiger partial charge in [-0.05, 0) is 61.2 Å². The van der Waals surface area contributed by atoms with E-state index in [9.17, 15) is 22.8 Å². The second kappa shape index (κ2) is 13.0. The van der Waals surface area contributed by atoms with Crippen LogP contribution >= 0.6 is 0 Å². The van der Waals surface area contributed by atoms with Crippen molar-refractivity contribution < 1.29 is 27.2 Å². The Morgan fingerprint density at radius 2 is 1.67 bits per heavy atom. The van der Waals surface area contributed by atoms with Gasteiger partial charge in [0.25, 0.3) is 5.91 Å². The number of carbonyl (C=O) groups excluding carboxylic acids is 2. The molecular weight excluding hydrogens is 588 g/mol. The number of amides is 2. The van der Waals surface area contributed by atoms with E-state index in [1.165, 1.54) is 25.5 Å². The maximum Gasteiger partial charge on any atom is 0.414 e. The first-order valence-electron chi connectivity index (χ1n) is 15.5. The van der Waals surface area contributed by atoms with E-state index in [0.717, 1.165) is 57.0 Å². The Morgan fingerprint density at radius 1 is 0.956 bits per heavy atom. The summed E-state index contributed by atoms with van der Waals surface area (Å²) in [5, 5.41) is 2.66. The molecule has 1 saturated carbocycles. The average molecular weight is 627 g/mol. The Hall–Kier alpha value is -3.61. The lowest BCUT2D eigenvalue weighted by molar-refractivity contribution is -0.124. The largest absolute Gasteiger partial charge is 0.414 e. The molecule has 1 atom stereocenters. The highest BCUT2D eigenvalue weighted by molar-refractivity contribution is 6.11. The summed E-state index contributed by atoms with van der Waals surface area (Å²) in [6.07, 6.45) is -1.13. The van der Waals surface area contributed by atoms with Crippen molar-refractivity contribution in [2.75, 3.05) is 76.2 Å². The number of hydrogen-bond donors (Lipinski definition) is 1. The van der Waals surface area contributed by atoms with E-state index >= 15 is 4.39 Å². The number of dihydropyridines is 1. The molecule has 0 bridgehead atoms. The maximum absolute atomic E-state index is 15.3. The molecule has 0 spiro atoms. The number of rotatable bonds is 8. The second-order valence-electron chi connectivity index (χ2n) is 12.5. The van der Waals surface area contributed by atoms with Crippen molar-refractivity contribution in [3.63, 3.8) is 0 Å². The van der Waals surface area contributed by atoms with Crippen molar-refractivity contribution in [1.29, 1.82) is 0 Å². The highest BCUT2D eigenvalue weighted by Crippen LogP contribution is 2.37. The number of benzene rings is 2. The fourth-order valence-corrected chi connectivity index (χ4v) is 6.24. The van der Waals surface area contributed by atoms with E-state index in [2.05, 4.69) is 25.0 Å². The molecule has 0 radical (unpaired) electrons. The number of aliphatic imine (C=N–C) groups is 1. The number of likely N-dealkylation sites (N-methyl/N-ethyl adjacent to an activating group) is 1. The summed E-state index contributed by atoms with van der Waals surface area (Å²) < 4.78 is 56.6. The molecule has 3 fully saturated rings. The molecule has 2 saturated heterocycles. The number of nitrogens with one attached hydrogen (secondary N) is 1. The van der Waals surface area contributed by atoms with Crippen LogP contribution in [0, 0.1) is 17.7 Å². The van der Waals surface area contributed by atoms with E-state index in [4.69, 9.17) is 0 Å². The molecule has 1 N–H and O–H groups in total. The molecule has 240 valence electrons. The van der Waals surface area contributed by atoms with Crippen LogP contribution < -0.4 is 10.2 Å². The first-order valence-corrected chi connectivity index (χ1v) is 15.5. The number of piperazine rings is 2. The fourth-order valence-electron chi connectivity index (χ4n) is 6.24. The third-order valence-electron chi connectivity index (χ3n) is 9.10. The molecule has 4 aliphatic rings. The summed E-state index contributed by atoms with van der Waals surface area (Å²) in [6.45, 7) is 8.60. The molecule has 3 aliphatic heterocycles. The van der Waals surface area contributed by atoms with Crippen LogP contribution in [0.1, 0.15) is 18.4 Å². The van der Waals surface area contributed by atoms with Crippen LogP contribution in [0.25, 0.3) is 11.1 Å². The lowest BCUT2D eigenvalue weighted by Gasteiger charge is -2.35. The van der Waals surface area contributed by atoms with Crippen molar-refractivity contribution in [3.8, 4) is 11.1 Å². The minimum Gasteiger partial charge on any atom is -0.367 e. The third kappa shape index (κ3) is 7.62. The standard InChI is InChI=1S/C33H38F4N6O2/c1-40-8-14-43(15-9-40)30-7-5-24(17-29(30)39-32(45)26-19-38-31(44)18-27(26)33(35,36)37)25-16-23(4-6-28(25)34)21-42-12-10-41(11-13-42)20-22-2-3-22/h4-7,16-19,22,26H,2-3,8-15,20-21H2,1H3,(H,39,45). The normalized spacial score (nSPS) is 22.1. The molecular formula is C33H38F4N6O2. The van der Waals surface area contributed by atoms with Crippen LogP contribution in [0.4, 0.5) is 28.9 Å². The Labute approximate surface area is 260 Å². The zero-order valence-electron chi connectivity index (χ0n) is 25.3. The zero-order chi connectivity index (χ0) is 31.7. The van der Waals surface area contributed by atoms with Gasteiger partial charge in [-0.1, -0.05) is 12.1 Å². The molecule has 3 heterocycles. The monoisotopic (exact) mass is 626 g/mol. The van der Waals surface area contributed by atoms with Gasteiger partial charge in [-0.15, -0.1) is 0 Å². The summed E-state index contributed by atoms with van der Waals surface area (Å²) >= 11 is 0. The van der Waals surface area contributed by atoms with Gasteiger partial charge in [0.15, 0.2) is 0 Å². The number of carbonyl (C=O) groups is 2. The van der Waals surface area contributed by atoms with Crippen LogP contribution in [0.3, 0.4) is 0 Å². The van der Waals surface area contributed by atoms with Gasteiger partial charge in [0.05, 0.1) is 16.9 Å². The fraction of sp³-hybridized carbons (Fsp3) is 0.485. The Kier molecular flexibility index (Phi) is 9.07. The van der Waals surface area contributed by atoms with Gasteiger partial charge >= 0.3 is 6.18 Å². The average Bonchev–Trinajstić information content (AvgIpc) is 3.83. The van der Waals surface area contributed by atoms with Crippen molar-refractivity contribution >= 4 is 29.4 Å². The van der Waals surface area contributed by atoms with E-state index in [1.54, 1.807) is 24.3 Å².